The van der Waals surface area contributed by atoms with E-state index in [-0.39, 0.29) is 5.69 Å². The van der Waals surface area contributed by atoms with Crippen LogP contribution in [0.15, 0.2) is 30.4 Å². The first kappa shape index (κ1) is 10.3. The van der Waals surface area contributed by atoms with Crippen molar-refractivity contribution in [3.8, 4) is 0 Å². The van der Waals surface area contributed by atoms with Crippen LogP contribution < -0.4 is 0 Å². The average Bonchev–Trinajstić information content (AvgIpc) is 2.27. The summed E-state index contributed by atoms with van der Waals surface area (Å²) in [6, 6.07) is 3.33. The average molecular weight is 219 g/mol. The second-order valence-electron chi connectivity index (χ2n) is 3.32. The SMILES string of the molecule is O=[N+]([O-])c1cccc2c1[CH]C=CC2[N+](=O)[O-]. The van der Waals surface area contributed by atoms with Crippen LogP contribution in [0.4, 0.5) is 5.69 Å². The summed E-state index contributed by atoms with van der Waals surface area (Å²) in [5.41, 5.74) is 0.576. The van der Waals surface area contributed by atoms with Crippen LogP contribution in [0, 0.1) is 26.6 Å². The van der Waals surface area contributed by atoms with Crippen molar-refractivity contribution in [3.63, 3.8) is 0 Å². The van der Waals surface area contributed by atoms with E-state index in [1.165, 1.54) is 36.8 Å². The van der Waals surface area contributed by atoms with Crippen molar-refractivity contribution in [3.05, 3.63) is 68.1 Å². The summed E-state index contributed by atoms with van der Waals surface area (Å²) < 4.78 is 0. The Morgan fingerprint density at radius 3 is 2.56 bits per heavy atom. The summed E-state index contributed by atoms with van der Waals surface area (Å²) in [7, 11) is 0. The second kappa shape index (κ2) is 3.73. The lowest BCUT2D eigenvalue weighted by atomic mass is 9.92. The van der Waals surface area contributed by atoms with Gasteiger partial charge in [0.15, 0.2) is 0 Å². The molecule has 1 aliphatic carbocycles. The molecule has 81 valence electrons. The molecule has 1 aliphatic rings. The predicted molar refractivity (Wildman–Crippen MR) is 55.4 cm³/mol. The summed E-state index contributed by atoms with van der Waals surface area (Å²) in [6.45, 7) is 0. The highest BCUT2D eigenvalue weighted by atomic mass is 16.6. The highest BCUT2D eigenvalue weighted by Crippen LogP contribution is 2.33. The summed E-state index contributed by atoms with van der Waals surface area (Å²) >= 11 is 0. The number of hydrogen-bond donors (Lipinski definition) is 0. The van der Waals surface area contributed by atoms with Crippen LogP contribution in [0.25, 0.3) is 0 Å². The Kier molecular flexibility index (Phi) is 2.40. The standard InChI is InChI=1S/C10H7N2O4/c13-11(14)9-5-1-3-7-8(9)4-2-6-10(7)12(15)16/h1-6,9H. The van der Waals surface area contributed by atoms with Crippen LogP contribution in [0.2, 0.25) is 0 Å². The van der Waals surface area contributed by atoms with Crippen molar-refractivity contribution >= 4 is 5.69 Å². The van der Waals surface area contributed by atoms with Gasteiger partial charge in [0.1, 0.15) is 0 Å². The Labute approximate surface area is 90.5 Å². The van der Waals surface area contributed by atoms with Crippen molar-refractivity contribution in [1.82, 2.24) is 0 Å². The van der Waals surface area contributed by atoms with Crippen molar-refractivity contribution in [1.29, 1.82) is 0 Å². The fourth-order valence-corrected chi connectivity index (χ4v) is 1.71. The highest BCUT2D eigenvalue weighted by Gasteiger charge is 2.29. The summed E-state index contributed by atoms with van der Waals surface area (Å²) in [5.74, 6) is 0. The number of nitro benzene ring substituents is 1. The lowest BCUT2D eigenvalue weighted by molar-refractivity contribution is -0.515. The predicted octanol–water partition coefficient (Wildman–Crippen LogP) is 2.03. The molecule has 0 heterocycles. The summed E-state index contributed by atoms with van der Waals surface area (Å²) in [4.78, 5) is 20.5. The number of nitrogens with zero attached hydrogens (tertiary/aromatic N) is 2. The normalized spacial score (nSPS) is 17.9. The Bertz CT molecular complexity index is 496. The summed E-state index contributed by atoms with van der Waals surface area (Å²) in [6.07, 6.45) is 4.41. The van der Waals surface area contributed by atoms with Crippen molar-refractivity contribution < 1.29 is 9.85 Å². The van der Waals surface area contributed by atoms with E-state index in [9.17, 15) is 20.2 Å². The third-order valence-electron chi connectivity index (χ3n) is 2.42. The lowest BCUT2D eigenvalue weighted by Crippen LogP contribution is -2.13. The van der Waals surface area contributed by atoms with Gasteiger partial charge in [-0.1, -0.05) is 18.2 Å². The molecule has 0 amide bonds. The quantitative estimate of drug-likeness (QED) is 0.562. The van der Waals surface area contributed by atoms with Gasteiger partial charge < -0.3 is 0 Å². The molecule has 16 heavy (non-hydrogen) atoms. The van der Waals surface area contributed by atoms with Gasteiger partial charge >= 0.3 is 0 Å². The van der Waals surface area contributed by atoms with E-state index < -0.39 is 15.9 Å². The van der Waals surface area contributed by atoms with Crippen LogP contribution in [0.1, 0.15) is 17.2 Å². The van der Waals surface area contributed by atoms with Gasteiger partial charge in [0.25, 0.3) is 11.7 Å². The zero-order valence-corrected chi connectivity index (χ0v) is 8.07. The fraction of sp³-hybridized carbons (Fsp3) is 0.100. The van der Waals surface area contributed by atoms with Gasteiger partial charge in [0.05, 0.1) is 4.92 Å². The lowest BCUT2D eigenvalue weighted by Gasteiger charge is -2.13. The minimum atomic E-state index is -1.00. The Morgan fingerprint density at radius 1 is 1.19 bits per heavy atom. The topological polar surface area (TPSA) is 86.3 Å². The molecule has 1 unspecified atom stereocenters. The van der Waals surface area contributed by atoms with Gasteiger partial charge in [0.2, 0.25) is 0 Å². The maximum Gasteiger partial charge on any atom is 0.273 e. The molecule has 1 aromatic rings. The molecule has 0 saturated heterocycles. The summed E-state index contributed by atoms with van der Waals surface area (Å²) in [5, 5.41) is 21.5. The van der Waals surface area contributed by atoms with E-state index in [0.29, 0.717) is 11.1 Å². The van der Waals surface area contributed by atoms with Crippen LogP contribution in [0.3, 0.4) is 0 Å². The van der Waals surface area contributed by atoms with Crippen molar-refractivity contribution in [2.75, 3.05) is 0 Å². The van der Waals surface area contributed by atoms with Gasteiger partial charge in [-0.15, -0.1) is 0 Å². The highest BCUT2D eigenvalue weighted by molar-refractivity contribution is 5.55. The smallest absolute Gasteiger partial charge is 0.264 e. The second-order valence-corrected chi connectivity index (χ2v) is 3.32. The van der Waals surface area contributed by atoms with Crippen molar-refractivity contribution in [2.24, 2.45) is 0 Å². The van der Waals surface area contributed by atoms with Crippen molar-refractivity contribution in [2.45, 2.75) is 6.04 Å². The largest absolute Gasteiger partial charge is 0.273 e. The maximum absolute atomic E-state index is 10.8. The fourth-order valence-electron chi connectivity index (χ4n) is 1.71. The Morgan fingerprint density at radius 2 is 1.94 bits per heavy atom. The van der Waals surface area contributed by atoms with Crippen LogP contribution in [-0.2, 0) is 0 Å². The molecule has 6 nitrogen and oxygen atoms in total. The molecule has 0 N–H and O–H groups in total. The number of allylic oxidation sites excluding steroid dienone is 1. The van der Waals surface area contributed by atoms with Gasteiger partial charge in [-0.25, -0.2) is 0 Å². The first-order valence-corrected chi connectivity index (χ1v) is 4.53. The Balaban J connectivity index is 2.58. The zero-order valence-electron chi connectivity index (χ0n) is 8.07. The van der Waals surface area contributed by atoms with E-state index in [2.05, 4.69) is 0 Å². The third kappa shape index (κ3) is 1.54. The van der Waals surface area contributed by atoms with Gasteiger partial charge in [-0.3, -0.25) is 20.2 Å². The van der Waals surface area contributed by atoms with Gasteiger partial charge in [-0.05, 0) is 6.08 Å². The molecule has 0 fully saturated rings. The number of benzene rings is 1. The first-order valence-electron chi connectivity index (χ1n) is 4.53. The molecule has 0 aliphatic heterocycles. The van der Waals surface area contributed by atoms with E-state index in [0.717, 1.165) is 0 Å². The minimum Gasteiger partial charge on any atom is -0.264 e. The number of hydrogen-bond acceptors (Lipinski definition) is 4. The molecule has 6 heteroatoms. The number of fused-ring (bicyclic) bond motifs is 1. The number of nitro groups is 2. The molecule has 2 rings (SSSR count). The van der Waals surface area contributed by atoms with Crippen LogP contribution in [0.5, 0.6) is 0 Å². The molecule has 1 radical (unpaired) electrons. The molecular weight excluding hydrogens is 212 g/mol. The van der Waals surface area contributed by atoms with Crippen LogP contribution in [-0.4, -0.2) is 9.85 Å². The molecule has 0 saturated carbocycles. The van der Waals surface area contributed by atoms with E-state index in [1.54, 1.807) is 0 Å². The van der Waals surface area contributed by atoms with Gasteiger partial charge in [0, 0.05) is 28.5 Å². The molecular formula is C10H7N2O4. The minimum absolute atomic E-state index is 0.103. The van der Waals surface area contributed by atoms with E-state index in [4.69, 9.17) is 0 Å². The van der Waals surface area contributed by atoms with E-state index >= 15 is 0 Å². The molecule has 0 spiro atoms. The van der Waals surface area contributed by atoms with E-state index in [1.807, 2.05) is 0 Å². The molecule has 0 bridgehead atoms. The maximum atomic E-state index is 10.8. The zero-order chi connectivity index (χ0) is 11.7. The Hall–Kier alpha value is -2.24. The first-order chi connectivity index (χ1) is 7.61. The molecule has 1 atom stereocenters. The number of rotatable bonds is 2. The molecule has 1 aromatic carbocycles. The third-order valence-corrected chi connectivity index (χ3v) is 2.42. The van der Waals surface area contributed by atoms with Crippen LogP contribution >= 0.6 is 0 Å². The monoisotopic (exact) mass is 219 g/mol. The van der Waals surface area contributed by atoms with Gasteiger partial charge in [-0.2, -0.15) is 0 Å². The molecule has 0 aromatic heterocycles.